The maximum Gasteiger partial charge on any atom is 0.298 e. The second kappa shape index (κ2) is 5.54. The van der Waals surface area contributed by atoms with Crippen molar-refractivity contribution in [1.82, 2.24) is 9.97 Å². The van der Waals surface area contributed by atoms with Gasteiger partial charge in [0.2, 0.25) is 0 Å². The lowest BCUT2D eigenvalue weighted by Gasteiger charge is -1.97. The van der Waals surface area contributed by atoms with Crippen molar-refractivity contribution in [3.8, 4) is 0 Å². The van der Waals surface area contributed by atoms with Crippen LogP contribution in [0.3, 0.4) is 0 Å². The molecule has 1 heterocycles. The Morgan fingerprint density at radius 2 is 1.95 bits per heavy atom. The number of hydrogen-bond acceptors (Lipinski definition) is 3. The van der Waals surface area contributed by atoms with Gasteiger partial charge in [-0.15, -0.1) is 0 Å². The molecule has 0 saturated carbocycles. The van der Waals surface area contributed by atoms with Crippen molar-refractivity contribution >= 4 is 28.3 Å². The van der Waals surface area contributed by atoms with Gasteiger partial charge in [-0.1, -0.05) is 41.9 Å². The summed E-state index contributed by atoms with van der Waals surface area (Å²) in [5.74, 6) is 0.721. The molecule has 106 valence electrons. The lowest BCUT2D eigenvalue weighted by Crippen LogP contribution is -1.93. The third kappa shape index (κ3) is 2.87. The number of aryl methyl sites for hydroxylation is 2. The largest absolute Gasteiger partial charge is 0.342 e. The standard InChI is InChI=1S/C15H12ClN3O2/c16-11-8-12-15(13(9-11)19(20)21)18-14(17-12)7-6-10-4-2-1-3-5-10/h1-5,8-9H,6-7H2,(H,17,18). The van der Waals surface area contributed by atoms with Crippen molar-refractivity contribution in [3.63, 3.8) is 0 Å². The van der Waals surface area contributed by atoms with E-state index in [0.717, 1.165) is 12.2 Å². The summed E-state index contributed by atoms with van der Waals surface area (Å²) in [6.07, 6.45) is 1.51. The van der Waals surface area contributed by atoms with Gasteiger partial charge in [-0.2, -0.15) is 0 Å². The summed E-state index contributed by atoms with van der Waals surface area (Å²) in [6, 6.07) is 13.0. The molecule has 2 aromatic carbocycles. The molecule has 6 heteroatoms. The van der Waals surface area contributed by atoms with Gasteiger partial charge in [-0.25, -0.2) is 4.98 Å². The van der Waals surface area contributed by atoms with Crippen molar-refractivity contribution < 1.29 is 4.92 Å². The number of nitro groups is 1. The first-order chi connectivity index (χ1) is 10.1. The van der Waals surface area contributed by atoms with E-state index in [9.17, 15) is 10.1 Å². The Bertz CT molecular complexity index is 799. The van der Waals surface area contributed by atoms with Crippen molar-refractivity contribution in [3.05, 3.63) is 69.0 Å². The highest BCUT2D eigenvalue weighted by Gasteiger charge is 2.17. The molecule has 5 nitrogen and oxygen atoms in total. The molecular formula is C15H12ClN3O2. The van der Waals surface area contributed by atoms with Gasteiger partial charge in [-0.05, 0) is 18.1 Å². The Hall–Kier alpha value is -2.40. The summed E-state index contributed by atoms with van der Waals surface area (Å²) >= 11 is 5.90. The predicted octanol–water partition coefficient (Wildman–Crippen LogP) is 3.91. The first kappa shape index (κ1) is 13.6. The molecule has 0 fully saturated rings. The Kier molecular flexibility index (Phi) is 3.58. The van der Waals surface area contributed by atoms with Crippen molar-refractivity contribution in [1.29, 1.82) is 0 Å². The van der Waals surface area contributed by atoms with Crippen LogP contribution in [0.5, 0.6) is 0 Å². The van der Waals surface area contributed by atoms with Gasteiger partial charge in [0.15, 0.2) is 5.52 Å². The lowest BCUT2D eigenvalue weighted by molar-refractivity contribution is -0.383. The van der Waals surface area contributed by atoms with Crippen molar-refractivity contribution in [2.45, 2.75) is 12.8 Å². The molecule has 0 atom stereocenters. The van der Waals surface area contributed by atoms with Crippen LogP contribution in [0.15, 0.2) is 42.5 Å². The quantitative estimate of drug-likeness (QED) is 0.586. The zero-order chi connectivity index (χ0) is 14.8. The number of fused-ring (bicyclic) bond motifs is 1. The number of rotatable bonds is 4. The fourth-order valence-electron chi connectivity index (χ4n) is 2.28. The van der Waals surface area contributed by atoms with E-state index in [4.69, 9.17) is 11.6 Å². The smallest absolute Gasteiger partial charge is 0.298 e. The fraction of sp³-hybridized carbons (Fsp3) is 0.133. The molecule has 3 aromatic rings. The van der Waals surface area contributed by atoms with Crippen LogP contribution < -0.4 is 0 Å². The highest BCUT2D eigenvalue weighted by molar-refractivity contribution is 6.31. The summed E-state index contributed by atoms with van der Waals surface area (Å²) in [6.45, 7) is 0. The monoisotopic (exact) mass is 301 g/mol. The Balaban J connectivity index is 1.90. The molecule has 0 aliphatic heterocycles. The van der Waals surface area contributed by atoms with Crippen LogP contribution in [0.4, 0.5) is 5.69 Å². The summed E-state index contributed by atoms with van der Waals surface area (Å²) in [5.41, 5.74) is 2.08. The SMILES string of the molecule is O=[N+]([O-])c1cc(Cl)cc2[nH]c(CCc3ccccc3)nc12. The molecule has 0 bridgehead atoms. The van der Waals surface area contributed by atoms with Crippen LogP contribution in [-0.4, -0.2) is 14.9 Å². The van der Waals surface area contributed by atoms with Crippen LogP contribution in [0.25, 0.3) is 11.0 Å². The zero-order valence-corrected chi connectivity index (χ0v) is 11.8. The molecule has 0 aliphatic carbocycles. The van der Waals surface area contributed by atoms with Gasteiger partial charge >= 0.3 is 0 Å². The van der Waals surface area contributed by atoms with E-state index in [-0.39, 0.29) is 5.69 Å². The number of aromatic nitrogens is 2. The molecule has 0 aliphatic rings. The first-order valence-corrected chi connectivity index (χ1v) is 6.88. The van der Waals surface area contributed by atoms with E-state index >= 15 is 0 Å². The van der Waals surface area contributed by atoms with E-state index in [1.807, 2.05) is 30.3 Å². The lowest BCUT2D eigenvalue weighted by atomic mass is 10.1. The minimum Gasteiger partial charge on any atom is -0.342 e. The molecule has 21 heavy (non-hydrogen) atoms. The molecule has 1 aromatic heterocycles. The number of nitrogens with one attached hydrogen (secondary N) is 1. The number of benzene rings is 2. The third-order valence-corrected chi connectivity index (χ3v) is 3.49. The molecule has 0 saturated heterocycles. The molecule has 0 unspecified atom stereocenters. The number of nitro benzene ring substituents is 1. The highest BCUT2D eigenvalue weighted by Crippen LogP contribution is 2.28. The molecule has 0 radical (unpaired) electrons. The number of halogens is 1. The fourth-order valence-corrected chi connectivity index (χ4v) is 2.49. The van der Waals surface area contributed by atoms with Crippen LogP contribution in [-0.2, 0) is 12.8 Å². The van der Waals surface area contributed by atoms with E-state index in [2.05, 4.69) is 9.97 Å². The van der Waals surface area contributed by atoms with Crippen LogP contribution in [0.1, 0.15) is 11.4 Å². The Labute approximate surface area is 125 Å². The van der Waals surface area contributed by atoms with Crippen molar-refractivity contribution in [2.75, 3.05) is 0 Å². The van der Waals surface area contributed by atoms with Gasteiger partial charge in [0.25, 0.3) is 5.69 Å². The number of H-pyrrole nitrogens is 1. The van der Waals surface area contributed by atoms with Gasteiger partial charge < -0.3 is 4.98 Å². The Morgan fingerprint density at radius 1 is 1.19 bits per heavy atom. The minimum atomic E-state index is -0.462. The molecular weight excluding hydrogens is 290 g/mol. The van der Waals surface area contributed by atoms with Gasteiger partial charge in [0.1, 0.15) is 5.82 Å². The topological polar surface area (TPSA) is 71.8 Å². The normalized spacial score (nSPS) is 10.9. The maximum absolute atomic E-state index is 11.0. The summed E-state index contributed by atoms with van der Waals surface area (Å²) in [5, 5.41) is 11.4. The van der Waals surface area contributed by atoms with E-state index in [0.29, 0.717) is 22.5 Å². The van der Waals surface area contributed by atoms with Crippen LogP contribution >= 0.6 is 11.6 Å². The summed E-state index contributed by atoms with van der Waals surface area (Å²) in [7, 11) is 0. The molecule has 1 N–H and O–H groups in total. The number of nitrogens with zero attached hydrogens (tertiary/aromatic N) is 2. The summed E-state index contributed by atoms with van der Waals surface area (Å²) < 4.78 is 0. The maximum atomic E-state index is 11.0. The van der Waals surface area contributed by atoms with Gasteiger partial charge in [0.05, 0.1) is 10.4 Å². The van der Waals surface area contributed by atoms with Gasteiger partial charge in [0, 0.05) is 17.5 Å². The third-order valence-electron chi connectivity index (χ3n) is 3.27. The molecule has 0 spiro atoms. The predicted molar refractivity (Wildman–Crippen MR) is 81.6 cm³/mol. The first-order valence-electron chi connectivity index (χ1n) is 6.50. The molecule has 3 rings (SSSR count). The number of hydrogen-bond donors (Lipinski definition) is 1. The van der Waals surface area contributed by atoms with Crippen LogP contribution in [0.2, 0.25) is 5.02 Å². The van der Waals surface area contributed by atoms with Crippen molar-refractivity contribution in [2.24, 2.45) is 0 Å². The number of imidazole rings is 1. The van der Waals surface area contributed by atoms with E-state index < -0.39 is 4.92 Å². The highest BCUT2D eigenvalue weighted by atomic mass is 35.5. The molecule has 0 amide bonds. The van der Waals surface area contributed by atoms with E-state index in [1.165, 1.54) is 11.6 Å². The average molecular weight is 302 g/mol. The minimum absolute atomic E-state index is 0.0697. The Morgan fingerprint density at radius 3 is 2.67 bits per heavy atom. The second-order valence-corrected chi connectivity index (χ2v) is 5.18. The van der Waals surface area contributed by atoms with Gasteiger partial charge in [-0.3, -0.25) is 10.1 Å². The second-order valence-electron chi connectivity index (χ2n) is 4.75. The zero-order valence-electron chi connectivity index (χ0n) is 11.0. The van der Waals surface area contributed by atoms with Crippen LogP contribution in [0, 0.1) is 10.1 Å². The average Bonchev–Trinajstić information content (AvgIpc) is 2.87. The number of non-ortho nitro benzene ring substituents is 1. The summed E-state index contributed by atoms with van der Waals surface area (Å²) in [4.78, 5) is 18.0. The van der Waals surface area contributed by atoms with E-state index in [1.54, 1.807) is 6.07 Å². The number of aromatic amines is 1.